The van der Waals surface area contributed by atoms with Gasteiger partial charge in [0.25, 0.3) is 0 Å². The van der Waals surface area contributed by atoms with Crippen LogP contribution in [0.4, 0.5) is 0 Å². The summed E-state index contributed by atoms with van der Waals surface area (Å²) in [5.41, 5.74) is 9.92. The average molecular weight is 459 g/mol. The Morgan fingerprint density at radius 3 is 2.32 bits per heavy atom. The van der Waals surface area contributed by atoms with Crippen LogP contribution in [0.5, 0.6) is 0 Å². The molecule has 2 aromatic carbocycles. The maximum absolute atomic E-state index is 6.29. The van der Waals surface area contributed by atoms with Crippen molar-refractivity contribution in [3.63, 3.8) is 0 Å². The van der Waals surface area contributed by atoms with Gasteiger partial charge in [0.15, 0.2) is 0 Å². The third-order valence-corrected chi connectivity index (χ3v) is 6.87. The van der Waals surface area contributed by atoms with Gasteiger partial charge in [-0.3, -0.25) is 9.88 Å². The minimum atomic E-state index is 0.0897. The third-order valence-electron chi connectivity index (χ3n) is 6.87. The lowest BCUT2D eigenvalue weighted by atomic mass is 9.93. The summed E-state index contributed by atoms with van der Waals surface area (Å²) in [5, 5.41) is 0. The molecule has 3 aromatic rings. The Morgan fingerprint density at radius 1 is 0.971 bits per heavy atom. The summed E-state index contributed by atoms with van der Waals surface area (Å²) in [5.74, 6) is 0. The summed E-state index contributed by atoms with van der Waals surface area (Å²) < 4.78 is 12.0. The van der Waals surface area contributed by atoms with E-state index in [0.717, 1.165) is 43.9 Å². The fourth-order valence-corrected chi connectivity index (χ4v) is 5.21. The SMILES string of the molecule is CCc1cccc(CC)c1-c1cc(COC)c(CN2C[C@@H](C)O[C@H](c3ccccc3)C2)c(C)n1. The lowest BCUT2D eigenvalue weighted by Gasteiger charge is -2.37. The Kier molecular flexibility index (Phi) is 8.15. The van der Waals surface area contributed by atoms with Crippen molar-refractivity contribution in [2.75, 3.05) is 20.2 Å². The normalized spacial score (nSPS) is 18.9. The van der Waals surface area contributed by atoms with Gasteiger partial charge >= 0.3 is 0 Å². The standard InChI is InChI=1S/C30H38N2O2/c1-6-23-14-11-15-24(7-2)30(23)28-16-26(20-33-5)27(22(4)31-28)18-32-17-21(3)34-29(19-32)25-12-9-8-10-13-25/h8-16,21,29H,6-7,17-20H2,1-5H3/t21-,29+/m1/s1. The van der Waals surface area contributed by atoms with E-state index >= 15 is 0 Å². The van der Waals surface area contributed by atoms with Crippen LogP contribution >= 0.6 is 0 Å². The lowest BCUT2D eigenvalue weighted by molar-refractivity contribution is -0.0815. The number of hydrogen-bond acceptors (Lipinski definition) is 4. The maximum Gasteiger partial charge on any atom is 0.0956 e. The van der Waals surface area contributed by atoms with Crippen LogP contribution in [0.3, 0.4) is 0 Å². The van der Waals surface area contributed by atoms with Gasteiger partial charge in [-0.2, -0.15) is 0 Å². The van der Waals surface area contributed by atoms with Crippen molar-refractivity contribution < 1.29 is 9.47 Å². The first-order chi connectivity index (χ1) is 16.5. The highest BCUT2D eigenvalue weighted by Gasteiger charge is 2.27. The first-order valence-electron chi connectivity index (χ1n) is 12.6. The zero-order valence-electron chi connectivity index (χ0n) is 21.3. The molecule has 0 aliphatic carbocycles. The monoisotopic (exact) mass is 458 g/mol. The number of ether oxygens (including phenoxy) is 2. The van der Waals surface area contributed by atoms with Crippen molar-refractivity contribution in [1.82, 2.24) is 9.88 Å². The molecule has 1 aliphatic heterocycles. The molecule has 1 aliphatic rings. The molecule has 1 saturated heterocycles. The van der Waals surface area contributed by atoms with Crippen molar-refractivity contribution in [3.8, 4) is 11.3 Å². The van der Waals surface area contributed by atoms with Crippen LogP contribution in [-0.2, 0) is 35.5 Å². The third kappa shape index (κ3) is 5.41. The molecule has 1 fully saturated rings. The number of aryl methyl sites for hydroxylation is 3. The molecular formula is C30H38N2O2. The number of methoxy groups -OCH3 is 1. The second-order valence-corrected chi connectivity index (χ2v) is 9.36. The fraction of sp³-hybridized carbons (Fsp3) is 0.433. The van der Waals surface area contributed by atoms with Gasteiger partial charge < -0.3 is 9.47 Å². The van der Waals surface area contributed by atoms with E-state index in [0.29, 0.717) is 6.61 Å². The molecule has 0 N–H and O–H groups in total. The molecule has 4 heteroatoms. The Hall–Kier alpha value is -2.53. The fourth-order valence-electron chi connectivity index (χ4n) is 5.21. The van der Waals surface area contributed by atoms with Gasteiger partial charge in [-0.05, 0) is 60.6 Å². The topological polar surface area (TPSA) is 34.6 Å². The molecule has 1 aromatic heterocycles. The summed E-state index contributed by atoms with van der Waals surface area (Å²) in [6.45, 7) is 12.0. The second kappa shape index (κ2) is 11.3. The zero-order chi connectivity index (χ0) is 24.1. The lowest BCUT2D eigenvalue weighted by Crippen LogP contribution is -2.42. The molecule has 4 nitrogen and oxygen atoms in total. The summed E-state index contributed by atoms with van der Waals surface area (Å²) in [6.07, 6.45) is 2.27. The van der Waals surface area contributed by atoms with Gasteiger partial charge in [0.1, 0.15) is 0 Å². The molecule has 0 radical (unpaired) electrons. The number of benzene rings is 2. The van der Waals surface area contributed by atoms with E-state index < -0.39 is 0 Å². The van der Waals surface area contributed by atoms with Gasteiger partial charge in [-0.1, -0.05) is 62.4 Å². The van der Waals surface area contributed by atoms with E-state index in [2.05, 4.69) is 87.2 Å². The first kappa shape index (κ1) is 24.6. The van der Waals surface area contributed by atoms with Crippen molar-refractivity contribution in [1.29, 1.82) is 0 Å². The number of nitrogens with zero attached hydrogens (tertiary/aromatic N) is 2. The van der Waals surface area contributed by atoms with Crippen LogP contribution in [0.15, 0.2) is 54.6 Å². The highest BCUT2D eigenvalue weighted by molar-refractivity contribution is 5.69. The van der Waals surface area contributed by atoms with Crippen LogP contribution in [0.1, 0.15) is 60.4 Å². The number of pyridine rings is 1. The molecule has 0 spiro atoms. The minimum absolute atomic E-state index is 0.0897. The highest BCUT2D eigenvalue weighted by Crippen LogP contribution is 2.32. The maximum atomic E-state index is 6.29. The molecule has 0 saturated carbocycles. The van der Waals surface area contributed by atoms with E-state index in [9.17, 15) is 0 Å². The number of hydrogen-bond donors (Lipinski definition) is 0. The van der Waals surface area contributed by atoms with Crippen LogP contribution < -0.4 is 0 Å². The molecule has 180 valence electrons. The smallest absolute Gasteiger partial charge is 0.0956 e. The predicted octanol–water partition coefficient (Wildman–Crippen LogP) is 6.29. The number of rotatable bonds is 8. The Morgan fingerprint density at radius 2 is 1.68 bits per heavy atom. The largest absolute Gasteiger partial charge is 0.380 e. The molecule has 0 amide bonds. The van der Waals surface area contributed by atoms with Gasteiger partial charge in [0, 0.05) is 38.0 Å². The Bertz CT molecular complexity index is 1070. The Balaban J connectivity index is 1.67. The van der Waals surface area contributed by atoms with Gasteiger partial charge in [0.05, 0.1) is 24.5 Å². The zero-order valence-corrected chi connectivity index (χ0v) is 21.3. The van der Waals surface area contributed by atoms with Gasteiger partial charge in [-0.15, -0.1) is 0 Å². The molecule has 2 atom stereocenters. The summed E-state index contributed by atoms with van der Waals surface area (Å²) in [4.78, 5) is 7.66. The highest BCUT2D eigenvalue weighted by atomic mass is 16.5. The van der Waals surface area contributed by atoms with E-state index in [1.807, 2.05) is 0 Å². The second-order valence-electron chi connectivity index (χ2n) is 9.36. The van der Waals surface area contributed by atoms with E-state index in [-0.39, 0.29) is 12.2 Å². The van der Waals surface area contributed by atoms with E-state index in [1.165, 1.54) is 33.4 Å². The Labute approximate surface area is 204 Å². The average Bonchev–Trinajstić information content (AvgIpc) is 2.85. The summed E-state index contributed by atoms with van der Waals surface area (Å²) in [7, 11) is 1.78. The molecule has 0 unspecified atom stereocenters. The van der Waals surface area contributed by atoms with Crippen molar-refractivity contribution >= 4 is 0 Å². The molecule has 0 bridgehead atoms. The summed E-state index contributed by atoms with van der Waals surface area (Å²) >= 11 is 0. The molecule has 2 heterocycles. The number of morpholine rings is 1. The molecule has 4 rings (SSSR count). The molecule has 34 heavy (non-hydrogen) atoms. The summed E-state index contributed by atoms with van der Waals surface area (Å²) in [6, 6.07) is 19.4. The van der Waals surface area contributed by atoms with Gasteiger partial charge in [-0.25, -0.2) is 0 Å². The van der Waals surface area contributed by atoms with Gasteiger partial charge in [0.2, 0.25) is 0 Å². The quantitative estimate of drug-likeness (QED) is 0.397. The number of aromatic nitrogens is 1. The van der Waals surface area contributed by atoms with Crippen LogP contribution in [0, 0.1) is 6.92 Å². The van der Waals surface area contributed by atoms with Crippen LogP contribution in [-0.4, -0.2) is 36.2 Å². The van der Waals surface area contributed by atoms with E-state index in [4.69, 9.17) is 14.5 Å². The first-order valence-corrected chi connectivity index (χ1v) is 12.6. The molecular weight excluding hydrogens is 420 g/mol. The van der Waals surface area contributed by atoms with Crippen molar-refractivity contribution in [3.05, 3.63) is 88.1 Å². The van der Waals surface area contributed by atoms with Crippen LogP contribution in [0.25, 0.3) is 11.3 Å². The predicted molar refractivity (Wildman–Crippen MR) is 139 cm³/mol. The minimum Gasteiger partial charge on any atom is -0.380 e. The van der Waals surface area contributed by atoms with Crippen molar-refractivity contribution in [2.24, 2.45) is 0 Å². The van der Waals surface area contributed by atoms with E-state index in [1.54, 1.807) is 7.11 Å². The van der Waals surface area contributed by atoms with Crippen LogP contribution in [0.2, 0.25) is 0 Å². The van der Waals surface area contributed by atoms with Crippen molar-refractivity contribution in [2.45, 2.75) is 65.9 Å².